The van der Waals surface area contributed by atoms with Crippen LogP contribution in [0.15, 0.2) is 36.5 Å². The molecule has 0 aliphatic rings. The van der Waals surface area contributed by atoms with Crippen LogP contribution in [0.2, 0.25) is 5.02 Å². The number of carbonyl (C=O) groups excluding carboxylic acids is 1. The molecule has 0 saturated heterocycles. The van der Waals surface area contributed by atoms with Crippen LogP contribution < -0.4 is 0 Å². The van der Waals surface area contributed by atoms with E-state index in [9.17, 15) is 22.4 Å². The first-order chi connectivity index (χ1) is 9.30. The molecule has 1 heterocycles. The van der Waals surface area contributed by atoms with Gasteiger partial charge in [-0.1, -0.05) is 17.7 Å². The van der Waals surface area contributed by atoms with E-state index >= 15 is 0 Å². The van der Waals surface area contributed by atoms with Crippen LogP contribution >= 0.6 is 11.6 Å². The van der Waals surface area contributed by atoms with Crippen molar-refractivity contribution < 1.29 is 22.4 Å². The Balaban J connectivity index is 2.43. The van der Waals surface area contributed by atoms with Crippen LogP contribution in [-0.4, -0.2) is 10.8 Å². The smallest absolute Gasteiger partial charge is 0.287 e. The Morgan fingerprint density at radius 1 is 1.20 bits per heavy atom. The summed E-state index contributed by atoms with van der Waals surface area (Å²) in [7, 11) is 0. The van der Waals surface area contributed by atoms with Crippen LogP contribution in [0.4, 0.5) is 17.6 Å². The minimum atomic E-state index is -4.81. The van der Waals surface area contributed by atoms with Crippen molar-refractivity contribution in [1.82, 2.24) is 4.98 Å². The second-order valence-corrected chi connectivity index (χ2v) is 4.26. The number of hydrogen-bond donors (Lipinski definition) is 0. The van der Waals surface area contributed by atoms with E-state index in [-0.39, 0.29) is 16.3 Å². The van der Waals surface area contributed by atoms with Gasteiger partial charge in [0.2, 0.25) is 5.78 Å². The Morgan fingerprint density at radius 3 is 2.45 bits per heavy atom. The summed E-state index contributed by atoms with van der Waals surface area (Å²) >= 11 is 5.76. The molecule has 0 amide bonds. The number of carbonyl (C=O) groups is 1. The number of hydrogen-bond acceptors (Lipinski definition) is 2. The number of halogens is 5. The van der Waals surface area contributed by atoms with Crippen molar-refractivity contribution in [3.8, 4) is 0 Å². The highest BCUT2D eigenvalue weighted by molar-refractivity contribution is 6.34. The second kappa shape index (κ2) is 5.20. The zero-order valence-corrected chi connectivity index (χ0v) is 10.5. The molecule has 7 heteroatoms. The lowest BCUT2D eigenvalue weighted by Gasteiger charge is -2.09. The fourth-order valence-electron chi connectivity index (χ4n) is 1.58. The fourth-order valence-corrected chi connectivity index (χ4v) is 1.78. The lowest BCUT2D eigenvalue weighted by atomic mass is 10.0. The maximum absolute atomic E-state index is 13.4. The average molecular weight is 304 g/mol. The van der Waals surface area contributed by atoms with E-state index in [1.54, 1.807) is 0 Å². The number of alkyl halides is 3. The van der Waals surface area contributed by atoms with E-state index in [1.807, 2.05) is 0 Å². The molecule has 1 aromatic carbocycles. The van der Waals surface area contributed by atoms with Crippen molar-refractivity contribution in [1.29, 1.82) is 0 Å². The largest absolute Gasteiger partial charge is 0.419 e. The summed E-state index contributed by atoms with van der Waals surface area (Å²) < 4.78 is 50.6. The van der Waals surface area contributed by atoms with Crippen molar-refractivity contribution in [3.63, 3.8) is 0 Å². The number of nitrogens with zero attached hydrogens (tertiary/aromatic N) is 1. The fraction of sp³-hybridized carbons (Fsp3) is 0.0769. The maximum atomic E-state index is 13.4. The van der Waals surface area contributed by atoms with Gasteiger partial charge in [-0.05, 0) is 24.3 Å². The van der Waals surface area contributed by atoms with E-state index in [0.29, 0.717) is 12.1 Å². The molecule has 2 nitrogen and oxygen atoms in total. The summed E-state index contributed by atoms with van der Waals surface area (Å²) in [5, 5.41) is 0.0396. The van der Waals surface area contributed by atoms with E-state index in [2.05, 4.69) is 4.98 Å². The molecule has 20 heavy (non-hydrogen) atoms. The van der Waals surface area contributed by atoms with Crippen LogP contribution in [-0.2, 0) is 6.18 Å². The van der Waals surface area contributed by atoms with Gasteiger partial charge in [0, 0.05) is 11.8 Å². The lowest BCUT2D eigenvalue weighted by molar-refractivity contribution is -0.140. The number of pyridine rings is 1. The molecule has 0 fully saturated rings. The highest BCUT2D eigenvalue weighted by Gasteiger charge is 2.34. The third kappa shape index (κ3) is 2.80. The van der Waals surface area contributed by atoms with Gasteiger partial charge in [0.1, 0.15) is 11.5 Å². The predicted molar refractivity (Wildman–Crippen MR) is 64.1 cm³/mol. The molecule has 2 rings (SSSR count). The lowest BCUT2D eigenvalue weighted by Crippen LogP contribution is -2.11. The molecule has 0 aliphatic heterocycles. The summed E-state index contributed by atoms with van der Waals surface area (Å²) in [5.74, 6) is -2.27. The Labute approximate surface area is 116 Å². The molecule has 0 radical (unpaired) electrons. The normalized spacial score (nSPS) is 11.4. The predicted octanol–water partition coefficient (Wildman–Crippen LogP) is 4.12. The number of rotatable bonds is 2. The van der Waals surface area contributed by atoms with Gasteiger partial charge < -0.3 is 0 Å². The third-order valence-corrected chi connectivity index (χ3v) is 2.82. The second-order valence-electron chi connectivity index (χ2n) is 3.86. The summed E-state index contributed by atoms with van der Waals surface area (Å²) in [6.07, 6.45) is -3.51. The average Bonchev–Trinajstić information content (AvgIpc) is 2.37. The van der Waals surface area contributed by atoms with Crippen LogP contribution in [0.5, 0.6) is 0 Å². The molecule has 0 bridgehead atoms. The molecule has 0 atom stereocenters. The first kappa shape index (κ1) is 14.5. The minimum Gasteiger partial charge on any atom is -0.287 e. The van der Waals surface area contributed by atoms with Gasteiger partial charge in [0.05, 0.1) is 10.6 Å². The van der Waals surface area contributed by atoms with E-state index in [1.165, 1.54) is 18.3 Å². The summed E-state index contributed by atoms with van der Waals surface area (Å²) in [4.78, 5) is 15.7. The zero-order valence-electron chi connectivity index (χ0n) is 9.71. The summed E-state index contributed by atoms with van der Waals surface area (Å²) in [6, 6.07) is 4.82. The molecule has 0 unspecified atom stereocenters. The van der Waals surface area contributed by atoms with Gasteiger partial charge in [-0.3, -0.25) is 9.78 Å². The van der Waals surface area contributed by atoms with Crippen LogP contribution in [0, 0.1) is 5.82 Å². The van der Waals surface area contributed by atoms with E-state index in [0.717, 1.165) is 6.07 Å². The van der Waals surface area contributed by atoms with E-state index < -0.39 is 23.3 Å². The first-order valence-corrected chi connectivity index (χ1v) is 5.70. The van der Waals surface area contributed by atoms with Gasteiger partial charge in [-0.15, -0.1) is 0 Å². The standard InChI is InChI=1S/C13H6ClF4NO/c14-9-2-1-5-19-11(9)12(20)7-3-4-8(10(15)6-7)13(16,17)18/h1-6H. The number of ketones is 1. The van der Waals surface area contributed by atoms with Crippen molar-refractivity contribution in [2.45, 2.75) is 6.18 Å². The van der Waals surface area contributed by atoms with Crippen molar-refractivity contribution in [3.05, 3.63) is 64.2 Å². The topological polar surface area (TPSA) is 30.0 Å². The number of aromatic nitrogens is 1. The highest BCUT2D eigenvalue weighted by Crippen LogP contribution is 2.32. The van der Waals surface area contributed by atoms with Gasteiger partial charge in [0.25, 0.3) is 0 Å². The summed E-state index contributed by atoms with van der Waals surface area (Å²) in [5.41, 5.74) is -1.83. The van der Waals surface area contributed by atoms with Gasteiger partial charge in [-0.25, -0.2) is 4.39 Å². The Hall–Kier alpha value is -1.95. The molecule has 0 saturated carbocycles. The van der Waals surface area contributed by atoms with Crippen LogP contribution in [0.3, 0.4) is 0 Å². The van der Waals surface area contributed by atoms with Crippen LogP contribution in [0.25, 0.3) is 0 Å². The van der Waals surface area contributed by atoms with Crippen molar-refractivity contribution in [2.75, 3.05) is 0 Å². The third-order valence-electron chi connectivity index (χ3n) is 2.51. The number of benzene rings is 1. The molecular formula is C13H6ClF4NO. The molecule has 0 N–H and O–H groups in total. The maximum Gasteiger partial charge on any atom is 0.419 e. The first-order valence-electron chi connectivity index (χ1n) is 5.32. The molecule has 1 aromatic heterocycles. The monoisotopic (exact) mass is 303 g/mol. The molecular weight excluding hydrogens is 298 g/mol. The van der Waals surface area contributed by atoms with Gasteiger partial charge in [0.15, 0.2) is 0 Å². The summed E-state index contributed by atoms with van der Waals surface area (Å²) in [6.45, 7) is 0. The zero-order chi connectivity index (χ0) is 14.9. The quantitative estimate of drug-likeness (QED) is 0.617. The van der Waals surface area contributed by atoms with Gasteiger partial charge in [-0.2, -0.15) is 13.2 Å². The molecule has 2 aromatic rings. The van der Waals surface area contributed by atoms with Crippen LogP contribution in [0.1, 0.15) is 21.6 Å². The molecule has 0 aliphatic carbocycles. The van der Waals surface area contributed by atoms with Crippen molar-refractivity contribution in [2.24, 2.45) is 0 Å². The molecule has 0 spiro atoms. The molecule has 104 valence electrons. The van der Waals surface area contributed by atoms with Crippen molar-refractivity contribution >= 4 is 17.4 Å². The Morgan fingerprint density at radius 2 is 1.90 bits per heavy atom. The highest BCUT2D eigenvalue weighted by atomic mass is 35.5. The van der Waals surface area contributed by atoms with Gasteiger partial charge >= 0.3 is 6.18 Å². The van der Waals surface area contributed by atoms with E-state index in [4.69, 9.17) is 11.6 Å². The Kier molecular flexibility index (Phi) is 3.76. The Bertz CT molecular complexity index is 670. The SMILES string of the molecule is O=C(c1ccc(C(F)(F)F)c(F)c1)c1ncccc1Cl. The minimum absolute atomic E-state index is 0.0396.